The predicted molar refractivity (Wildman–Crippen MR) is 124 cm³/mol. The zero-order chi connectivity index (χ0) is 20.2. The number of aromatic nitrogens is 2. The Kier molecular flexibility index (Phi) is 5.30. The van der Waals surface area contributed by atoms with Crippen LogP contribution in [0.25, 0.3) is 11.0 Å². The van der Waals surface area contributed by atoms with Gasteiger partial charge in [0.25, 0.3) is 0 Å². The van der Waals surface area contributed by atoms with Crippen LogP contribution >= 0.6 is 0 Å². The molecule has 1 aliphatic heterocycles. The quantitative estimate of drug-likeness (QED) is 0.462. The summed E-state index contributed by atoms with van der Waals surface area (Å²) in [6.07, 6.45) is 3.51. The average molecular weight is 395 g/mol. The third-order valence-electron chi connectivity index (χ3n) is 5.87. The smallest absolute Gasteiger partial charge is 0.174 e. The molecule has 4 nitrogen and oxygen atoms in total. The lowest BCUT2D eigenvalue weighted by Crippen LogP contribution is -2.35. The fraction of sp³-hybridized carbons (Fsp3) is 0.231. The Bertz CT molecular complexity index is 1100. The Labute approximate surface area is 177 Å². The van der Waals surface area contributed by atoms with Gasteiger partial charge in [0.05, 0.1) is 11.0 Å². The number of nitrogens with one attached hydrogen (secondary N) is 1. The van der Waals surface area contributed by atoms with Crippen LogP contribution < -0.4 is 10.2 Å². The lowest BCUT2D eigenvalue weighted by molar-refractivity contribution is 0.402. The van der Waals surface area contributed by atoms with Gasteiger partial charge in [0.2, 0.25) is 0 Å². The molecule has 1 aromatic heterocycles. The van der Waals surface area contributed by atoms with Gasteiger partial charge in [-0.05, 0) is 55.0 Å². The van der Waals surface area contributed by atoms with E-state index in [0.717, 1.165) is 53.8 Å². The summed E-state index contributed by atoms with van der Waals surface area (Å²) in [7, 11) is 0. The van der Waals surface area contributed by atoms with Crippen molar-refractivity contribution in [1.82, 2.24) is 9.97 Å². The number of para-hydroxylation sites is 3. The maximum atomic E-state index is 5.00. The molecule has 0 radical (unpaired) electrons. The second-order valence-corrected chi connectivity index (χ2v) is 8.00. The van der Waals surface area contributed by atoms with E-state index in [1.54, 1.807) is 0 Å². The van der Waals surface area contributed by atoms with Crippen molar-refractivity contribution in [2.75, 3.05) is 23.3 Å². The zero-order valence-corrected chi connectivity index (χ0v) is 17.0. The molecule has 0 amide bonds. The molecule has 0 saturated carbocycles. The molecule has 3 aromatic carbocycles. The molecule has 0 spiro atoms. The van der Waals surface area contributed by atoms with Crippen molar-refractivity contribution in [1.29, 1.82) is 0 Å². The van der Waals surface area contributed by atoms with Gasteiger partial charge in [0, 0.05) is 18.8 Å². The van der Waals surface area contributed by atoms with Gasteiger partial charge in [-0.1, -0.05) is 60.7 Å². The molecule has 4 heteroatoms. The van der Waals surface area contributed by atoms with E-state index < -0.39 is 0 Å². The van der Waals surface area contributed by atoms with Crippen LogP contribution in [-0.2, 0) is 6.42 Å². The second kappa shape index (κ2) is 8.54. The third-order valence-corrected chi connectivity index (χ3v) is 5.87. The molecule has 1 aliphatic rings. The van der Waals surface area contributed by atoms with Crippen molar-refractivity contribution in [3.8, 4) is 0 Å². The molecule has 1 saturated heterocycles. The first-order valence-electron chi connectivity index (χ1n) is 10.7. The fourth-order valence-electron chi connectivity index (χ4n) is 4.25. The first kappa shape index (κ1) is 18.6. The van der Waals surface area contributed by atoms with E-state index in [2.05, 4.69) is 52.7 Å². The number of hydrogen-bond acceptors (Lipinski definition) is 4. The minimum absolute atomic E-state index is 0.725. The monoisotopic (exact) mass is 394 g/mol. The van der Waals surface area contributed by atoms with E-state index in [9.17, 15) is 0 Å². The number of nitrogens with zero attached hydrogens (tertiary/aromatic N) is 3. The Hall–Kier alpha value is -3.40. The van der Waals surface area contributed by atoms with Gasteiger partial charge in [-0.15, -0.1) is 0 Å². The average Bonchev–Trinajstić information content (AvgIpc) is 2.81. The van der Waals surface area contributed by atoms with Gasteiger partial charge in [0.15, 0.2) is 11.6 Å². The first-order chi connectivity index (χ1) is 14.8. The standard InChI is InChI=1S/C26H26N4/c1-3-9-20(10-4-1)19-21-15-17-30(18-16-21)26-25(27-22-11-5-2-6-12-22)28-23-13-7-8-14-24(23)29-26/h1-14,21H,15-19H2,(H,27,28). The van der Waals surface area contributed by atoms with Crippen LogP contribution in [0.5, 0.6) is 0 Å². The molecule has 150 valence electrons. The first-order valence-corrected chi connectivity index (χ1v) is 10.7. The maximum absolute atomic E-state index is 5.00. The summed E-state index contributed by atoms with van der Waals surface area (Å²) >= 11 is 0. The highest BCUT2D eigenvalue weighted by molar-refractivity contribution is 5.82. The molecule has 0 bridgehead atoms. The molecule has 4 aromatic rings. The zero-order valence-electron chi connectivity index (χ0n) is 17.0. The van der Waals surface area contributed by atoms with E-state index in [1.165, 1.54) is 18.4 Å². The van der Waals surface area contributed by atoms with Crippen molar-refractivity contribution in [3.63, 3.8) is 0 Å². The van der Waals surface area contributed by atoms with Gasteiger partial charge < -0.3 is 10.2 Å². The highest BCUT2D eigenvalue weighted by Crippen LogP contribution is 2.31. The largest absolute Gasteiger partial charge is 0.354 e. The summed E-state index contributed by atoms with van der Waals surface area (Å²) in [5.74, 6) is 2.51. The minimum atomic E-state index is 0.725. The van der Waals surface area contributed by atoms with E-state index in [-0.39, 0.29) is 0 Å². The second-order valence-electron chi connectivity index (χ2n) is 8.00. The minimum Gasteiger partial charge on any atom is -0.354 e. The molecule has 2 heterocycles. The SMILES string of the molecule is c1ccc(CC2CCN(c3nc4ccccc4nc3Nc3ccccc3)CC2)cc1. The maximum Gasteiger partial charge on any atom is 0.174 e. The van der Waals surface area contributed by atoms with Gasteiger partial charge >= 0.3 is 0 Å². The van der Waals surface area contributed by atoms with Crippen LogP contribution in [0.2, 0.25) is 0 Å². The molecule has 1 N–H and O–H groups in total. The molecule has 1 fully saturated rings. The highest BCUT2D eigenvalue weighted by atomic mass is 15.2. The Morgan fingerprint density at radius 2 is 1.33 bits per heavy atom. The number of anilines is 3. The number of hydrogen-bond donors (Lipinski definition) is 1. The fourth-order valence-corrected chi connectivity index (χ4v) is 4.25. The third kappa shape index (κ3) is 4.13. The van der Waals surface area contributed by atoms with Gasteiger partial charge in [-0.3, -0.25) is 0 Å². The van der Waals surface area contributed by atoms with Crippen LogP contribution in [0.3, 0.4) is 0 Å². The van der Waals surface area contributed by atoms with E-state index in [4.69, 9.17) is 9.97 Å². The van der Waals surface area contributed by atoms with Crippen LogP contribution in [0, 0.1) is 5.92 Å². The Balaban J connectivity index is 1.38. The van der Waals surface area contributed by atoms with Crippen molar-refractivity contribution in [2.45, 2.75) is 19.3 Å². The number of piperidine rings is 1. The van der Waals surface area contributed by atoms with Crippen LogP contribution in [0.4, 0.5) is 17.3 Å². The Morgan fingerprint density at radius 3 is 2.03 bits per heavy atom. The van der Waals surface area contributed by atoms with Crippen molar-refractivity contribution in [3.05, 3.63) is 90.5 Å². The van der Waals surface area contributed by atoms with Crippen LogP contribution in [0.15, 0.2) is 84.9 Å². The van der Waals surface area contributed by atoms with Crippen molar-refractivity contribution < 1.29 is 0 Å². The summed E-state index contributed by atoms with van der Waals surface area (Å²) in [5, 5.41) is 3.50. The lowest BCUT2D eigenvalue weighted by atomic mass is 9.90. The highest BCUT2D eigenvalue weighted by Gasteiger charge is 2.23. The topological polar surface area (TPSA) is 41.1 Å². The van der Waals surface area contributed by atoms with E-state index >= 15 is 0 Å². The molecule has 5 rings (SSSR count). The van der Waals surface area contributed by atoms with Crippen molar-refractivity contribution >= 4 is 28.4 Å². The number of benzene rings is 3. The summed E-state index contributed by atoms with van der Waals surface area (Å²) in [5.41, 5.74) is 4.33. The normalized spacial score (nSPS) is 14.7. The molecule has 0 atom stereocenters. The predicted octanol–water partition coefficient (Wildman–Crippen LogP) is 5.83. The van der Waals surface area contributed by atoms with Gasteiger partial charge in [-0.2, -0.15) is 0 Å². The van der Waals surface area contributed by atoms with Gasteiger partial charge in [-0.25, -0.2) is 9.97 Å². The summed E-state index contributed by atoms with van der Waals surface area (Å²) < 4.78 is 0. The number of fused-ring (bicyclic) bond motifs is 1. The van der Waals surface area contributed by atoms with E-state index in [0.29, 0.717) is 0 Å². The Morgan fingerprint density at radius 1 is 0.733 bits per heavy atom. The van der Waals surface area contributed by atoms with Gasteiger partial charge in [0.1, 0.15) is 0 Å². The summed E-state index contributed by atoms with van der Waals surface area (Å²) in [6.45, 7) is 2.02. The molecular weight excluding hydrogens is 368 g/mol. The summed E-state index contributed by atoms with van der Waals surface area (Å²) in [6, 6.07) is 29.2. The van der Waals surface area contributed by atoms with Crippen LogP contribution in [-0.4, -0.2) is 23.1 Å². The van der Waals surface area contributed by atoms with Crippen LogP contribution in [0.1, 0.15) is 18.4 Å². The lowest BCUT2D eigenvalue weighted by Gasteiger charge is -2.33. The molecule has 30 heavy (non-hydrogen) atoms. The summed E-state index contributed by atoms with van der Waals surface area (Å²) in [4.78, 5) is 12.3. The molecule has 0 unspecified atom stereocenters. The van der Waals surface area contributed by atoms with E-state index in [1.807, 2.05) is 42.5 Å². The number of rotatable bonds is 5. The molecule has 0 aliphatic carbocycles. The molecular formula is C26H26N4. The van der Waals surface area contributed by atoms with Crippen molar-refractivity contribution in [2.24, 2.45) is 5.92 Å².